The molecule has 2 fully saturated rings. The van der Waals surface area contributed by atoms with Gasteiger partial charge in [-0.1, -0.05) is 29.3 Å². The van der Waals surface area contributed by atoms with Crippen molar-refractivity contribution in [2.75, 3.05) is 13.1 Å². The predicted molar refractivity (Wildman–Crippen MR) is 98.5 cm³/mol. The number of aromatic amines is 1. The van der Waals surface area contributed by atoms with Crippen molar-refractivity contribution in [3.8, 4) is 0 Å². The summed E-state index contributed by atoms with van der Waals surface area (Å²) in [4.78, 5) is 14.6. The van der Waals surface area contributed by atoms with Crippen molar-refractivity contribution >= 4 is 29.1 Å². The molecule has 1 aliphatic heterocycles. The Labute approximate surface area is 161 Å². The van der Waals surface area contributed by atoms with Crippen molar-refractivity contribution in [1.29, 1.82) is 0 Å². The Morgan fingerprint density at radius 3 is 2.62 bits per heavy atom. The highest BCUT2D eigenvalue weighted by atomic mass is 35.5. The summed E-state index contributed by atoms with van der Waals surface area (Å²) >= 11 is 12.0. The summed E-state index contributed by atoms with van der Waals surface area (Å²) in [6, 6.07) is 5.52. The van der Waals surface area contributed by atoms with Gasteiger partial charge in [-0.25, -0.2) is 0 Å². The van der Waals surface area contributed by atoms with Crippen molar-refractivity contribution in [2.24, 2.45) is 0 Å². The van der Waals surface area contributed by atoms with Crippen LogP contribution in [-0.2, 0) is 11.3 Å². The minimum atomic E-state index is -0.0245. The number of hydrogen-bond donors (Lipinski definition) is 1. The van der Waals surface area contributed by atoms with Crippen LogP contribution < -0.4 is 0 Å². The summed E-state index contributed by atoms with van der Waals surface area (Å²) in [6.45, 7) is 1.83. The molecule has 26 heavy (non-hydrogen) atoms. The molecule has 1 saturated heterocycles. The number of nitrogens with zero attached hydrogens (tertiary/aromatic N) is 3. The van der Waals surface area contributed by atoms with E-state index in [1.165, 1.54) is 0 Å². The van der Waals surface area contributed by atoms with E-state index in [0.29, 0.717) is 41.4 Å². The summed E-state index contributed by atoms with van der Waals surface area (Å²) in [5.41, 5.74) is 2.31. The number of aromatic nitrogens is 3. The number of piperidine rings is 1. The molecule has 1 N–H and O–H groups in total. The van der Waals surface area contributed by atoms with Crippen molar-refractivity contribution in [1.82, 2.24) is 20.3 Å². The van der Waals surface area contributed by atoms with Crippen LogP contribution in [0, 0.1) is 0 Å². The summed E-state index contributed by atoms with van der Waals surface area (Å²) in [7, 11) is 0. The highest BCUT2D eigenvalue weighted by Crippen LogP contribution is 2.40. The average Bonchev–Trinajstić information content (AvgIpc) is 3.39. The topological polar surface area (TPSA) is 71.1 Å². The molecule has 2 aromatic rings. The Balaban J connectivity index is 1.29. The lowest BCUT2D eigenvalue weighted by Gasteiger charge is -2.31. The number of nitrogens with one attached hydrogen (secondary N) is 1. The molecule has 138 valence electrons. The first-order valence-corrected chi connectivity index (χ1v) is 9.63. The summed E-state index contributed by atoms with van der Waals surface area (Å²) in [5, 5.41) is 11.9. The zero-order valence-corrected chi connectivity index (χ0v) is 15.8. The van der Waals surface area contributed by atoms with E-state index in [4.69, 9.17) is 27.9 Å². The first-order valence-electron chi connectivity index (χ1n) is 8.87. The molecule has 1 amide bonds. The third-order valence-electron chi connectivity index (χ3n) is 4.94. The van der Waals surface area contributed by atoms with Gasteiger partial charge in [0.1, 0.15) is 0 Å². The van der Waals surface area contributed by atoms with E-state index >= 15 is 0 Å². The first-order chi connectivity index (χ1) is 12.6. The molecule has 1 aromatic carbocycles. The zero-order valence-electron chi connectivity index (χ0n) is 14.3. The minimum absolute atomic E-state index is 0.0245. The van der Waals surface area contributed by atoms with Crippen LogP contribution in [-0.4, -0.2) is 45.4 Å². The zero-order chi connectivity index (χ0) is 18.1. The number of ether oxygens (including phenoxy) is 1. The molecule has 4 rings (SSSR count). The fourth-order valence-corrected chi connectivity index (χ4v) is 3.58. The molecule has 1 aromatic heterocycles. The van der Waals surface area contributed by atoms with Gasteiger partial charge in [0, 0.05) is 19.0 Å². The second-order valence-electron chi connectivity index (χ2n) is 6.88. The van der Waals surface area contributed by atoms with Crippen molar-refractivity contribution in [3.63, 3.8) is 0 Å². The van der Waals surface area contributed by atoms with Crippen molar-refractivity contribution < 1.29 is 9.53 Å². The maximum atomic E-state index is 12.7. The van der Waals surface area contributed by atoms with E-state index in [0.717, 1.165) is 36.9 Å². The van der Waals surface area contributed by atoms with Gasteiger partial charge in [-0.15, -0.1) is 0 Å². The second-order valence-corrected chi connectivity index (χ2v) is 7.70. The molecule has 0 unspecified atom stereocenters. The molecule has 2 heterocycles. The summed E-state index contributed by atoms with van der Waals surface area (Å²) in [5.74, 6) is 0.378. The third kappa shape index (κ3) is 3.87. The Bertz CT molecular complexity index is 798. The normalized spacial score (nSPS) is 18.3. The number of carbonyl (C=O) groups is 1. The largest absolute Gasteiger partial charge is 0.373 e. The maximum absolute atomic E-state index is 12.7. The van der Waals surface area contributed by atoms with Crippen LogP contribution in [0.2, 0.25) is 10.0 Å². The molecule has 1 saturated carbocycles. The Morgan fingerprint density at radius 1 is 1.15 bits per heavy atom. The Hall–Kier alpha value is -1.63. The number of benzene rings is 1. The van der Waals surface area contributed by atoms with Gasteiger partial charge < -0.3 is 9.64 Å². The number of rotatable bonds is 5. The summed E-state index contributed by atoms with van der Waals surface area (Å²) < 4.78 is 5.98. The molecule has 0 spiro atoms. The van der Waals surface area contributed by atoms with E-state index in [1.807, 2.05) is 17.0 Å². The highest BCUT2D eigenvalue weighted by Gasteiger charge is 2.34. The SMILES string of the molecule is O=C(c1n[nH]nc1C1CC1)N1CCC(OCc2ccc(Cl)c(Cl)c2)CC1. The maximum Gasteiger partial charge on any atom is 0.276 e. The number of likely N-dealkylation sites (tertiary alicyclic amines) is 1. The number of halogens is 2. The number of H-pyrrole nitrogens is 1. The standard InChI is InChI=1S/C18H20Cl2N4O2/c19-14-4-1-11(9-15(14)20)10-26-13-5-7-24(8-6-13)18(25)17-16(12-2-3-12)21-23-22-17/h1,4,9,12-13H,2-3,5-8,10H2,(H,21,22,23). The third-order valence-corrected chi connectivity index (χ3v) is 5.68. The van der Waals surface area contributed by atoms with Gasteiger partial charge in [0.2, 0.25) is 0 Å². The van der Waals surface area contributed by atoms with Gasteiger partial charge >= 0.3 is 0 Å². The van der Waals surface area contributed by atoms with E-state index in [-0.39, 0.29) is 12.0 Å². The van der Waals surface area contributed by atoms with Gasteiger partial charge in [-0.05, 0) is 43.4 Å². The molecule has 6 nitrogen and oxygen atoms in total. The van der Waals surface area contributed by atoms with E-state index < -0.39 is 0 Å². The Morgan fingerprint density at radius 2 is 1.92 bits per heavy atom. The molecule has 2 aliphatic rings. The van der Waals surface area contributed by atoms with Crippen LogP contribution in [0.5, 0.6) is 0 Å². The smallest absolute Gasteiger partial charge is 0.276 e. The van der Waals surface area contributed by atoms with Gasteiger partial charge in [-0.3, -0.25) is 4.79 Å². The lowest BCUT2D eigenvalue weighted by molar-refractivity contribution is -0.000532. The first kappa shape index (κ1) is 17.8. The van der Waals surface area contributed by atoms with Gasteiger partial charge in [-0.2, -0.15) is 15.4 Å². The van der Waals surface area contributed by atoms with Gasteiger partial charge in [0.25, 0.3) is 5.91 Å². The number of amides is 1. The molecule has 8 heteroatoms. The van der Waals surface area contributed by atoms with Crippen LogP contribution >= 0.6 is 23.2 Å². The van der Waals surface area contributed by atoms with Crippen molar-refractivity contribution in [2.45, 2.75) is 44.3 Å². The minimum Gasteiger partial charge on any atom is -0.373 e. The van der Waals surface area contributed by atoms with Crippen LogP contribution in [0.25, 0.3) is 0 Å². The van der Waals surface area contributed by atoms with Gasteiger partial charge in [0.15, 0.2) is 5.69 Å². The second kappa shape index (κ2) is 7.55. The van der Waals surface area contributed by atoms with Gasteiger partial charge in [0.05, 0.1) is 28.5 Å². The molecular weight excluding hydrogens is 375 g/mol. The van der Waals surface area contributed by atoms with Crippen LogP contribution in [0.15, 0.2) is 18.2 Å². The lowest BCUT2D eigenvalue weighted by Crippen LogP contribution is -2.41. The van der Waals surface area contributed by atoms with Crippen molar-refractivity contribution in [3.05, 3.63) is 45.2 Å². The van der Waals surface area contributed by atoms with Crippen LogP contribution in [0.1, 0.15) is 53.3 Å². The number of carbonyl (C=O) groups excluding carboxylic acids is 1. The summed E-state index contributed by atoms with van der Waals surface area (Å²) in [6.07, 6.45) is 3.94. The number of hydrogen-bond acceptors (Lipinski definition) is 4. The Kier molecular flexibility index (Phi) is 5.16. The van der Waals surface area contributed by atoms with E-state index in [2.05, 4.69) is 15.4 Å². The molecular formula is C18H20Cl2N4O2. The quantitative estimate of drug-likeness (QED) is 0.836. The fraction of sp³-hybridized carbons (Fsp3) is 0.500. The fourth-order valence-electron chi connectivity index (χ4n) is 3.26. The van der Waals surface area contributed by atoms with Crippen LogP contribution in [0.4, 0.5) is 0 Å². The monoisotopic (exact) mass is 394 g/mol. The molecule has 0 radical (unpaired) electrons. The van der Waals surface area contributed by atoms with Crippen LogP contribution in [0.3, 0.4) is 0 Å². The molecule has 1 aliphatic carbocycles. The lowest BCUT2D eigenvalue weighted by atomic mass is 10.1. The highest BCUT2D eigenvalue weighted by molar-refractivity contribution is 6.42. The predicted octanol–water partition coefficient (Wildman–Crippen LogP) is 3.81. The molecule has 0 atom stereocenters. The van der Waals surface area contributed by atoms with E-state index in [9.17, 15) is 4.79 Å². The average molecular weight is 395 g/mol. The molecule has 0 bridgehead atoms. The van der Waals surface area contributed by atoms with E-state index in [1.54, 1.807) is 6.07 Å².